The number of hydrogen-bond donors (Lipinski definition) is 2. The minimum atomic E-state index is -0.186. The molecule has 5 nitrogen and oxygen atoms in total. The fraction of sp³-hybridized carbons (Fsp3) is 0.273. The SMILES string of the molecule is Cc1cccc(C(NN)c2c(Br)nnn2C)c1Br. The van der Waals surface area contributed by atoms with Crippen LogP contribution in [-0.4, -0.2) is 15.0 Å². The number of aromatic nitrogens is 3. The summed E-state index contributed by atoms with van der Waals surface area (Å²) in [5, 5.41) is 7.95. The fourth-order valence-corrected chi connectivity index (χ4v) is 2.90. The highest BCUT2D eigenvalue weighted by atomic mass is 79.9. The van der Waals surface area contributed by atoms with Crippen LogP contribution in [0.3, 0.4) is 0 Å². The molecule has 1 heterocycles. The molecular formula is C11H13Br2N5. The molecule has 0 aliphatic rings. The molecule has 0 fully saturated rings. The molecule has 0 aliphatic heterocycles. The Morgan fingerprint density at radius 1 is 1.39 bits per heavy atom. The summed E-state index contributed by atoms with van der Waals surface area (Å²) in [6.07, 6.45) is 0. The molecule has 0 radical (unpaired) electrons. The summed E-state index contributed by atoms with van der Waals surface area (Å²) >= 11 is 6.99. The second-order valence-electron chi connectivity index (χ2n) is 3.97. The van der Waals surface area contributed by atoms with Gasteiger partial charge in [-0.25, -0.2) is 10.1 Å². The topological polar surface area (TPSA) is 68.8 Å². The van der Waals surface area contributed by atoms with Crippen molar-refractivity contribution in [1.82, 2.24) is 20.4 Å². The summed E-state index contributed by atoms with van der Waals surface area (Å²) in [6, 6.07) is 5.87. The zero-order valence-corrected chi connectivity index (χ0v) is 13.2. The lowest BCUT2D eigenvalue weighted by Crippen LogP contribution is -2.31. The van der Waals surface area contributed by atoms with Gasteiger partial charge in [-0.3, -0.25) is 5.84 Å². The van der Waals surface area contributed by atoms with E-state index >= 15 is 0 Å². The van der Waals surface area contributed by atoms with E-state index in [0.717, 1.165) is 21.3 Å². The van der Waals surface area contributed by atoms with E-state index in [4.69, 9.17) is 5.84 Å². The standard InChI is InChI=1S/C11H13Br2N5/c1-6-4-3-5-7(8(6)12)9(15-14)10-11(13)16-17-18(10)2/h3-5,9,15H,14H2,1-2H3. The average molecular weight is 375 g/mol. The molecular weight excluding hydrogens is 362 g/mol. The third-order valence-corrected chi connectivity index (χ3v) is 4.45. The highest BCUT2D eigenvalue weighted by Crippen LogP contribution is 2.32. The van der Waals surface area contributed by atoms with Gasteiger partial charge in [0.25, 0.3) is 0 Å². The minimum absolute atomic E-state index is 0.186. The Kier molecular flexibility index (Phi) is 4.16. The molecule has 3 N–H and O–H groups in total. The smallest absolute Gasteiger partial charge is 0.153 e. The molecule has 1 aromatic carbocycles. The summed E-state index contributed by atoms with van der Waals surface area (Å²) in [6.45, 7) is 2.04. The molecule has 96 valence electrons. The Morgan fingerprint density at radius 2 is 2.11 bits per heavy atom. The number of nitrogens with one attached hydrogen (secondary N) is 1. The van der Waals surface area contributed by atoms with Gasteiger partial charge in [0, 0.05) is 11.5 Å². The third kappa shape index (κ3) is 2.35. The zero-order valence-electron chi connectivity index (χ0n) is 9.98. The van der Waals surface area contributed by atoms with Crippen molar-refractivity contribution < 1.29 is 0 Å². The van der Waals surface area contributed by atoms with Crippen LogP contribution in [0.4, 0.5) is 0 Å². The molecule has 2 aromatic rings. The van der Waals surface area contributed by atoms with Crippen molar-refractivity contribution in [1.29, 1.82) is 0 Å². The molecule has 0 saturated heterocycles. The van der Waals surface area contributed by atoms with E-state index < -0.39 is 0 Å². The molecule has 0 aliphatic carbocycles. The maximum absolute atomic E-state index is 5.69. The minimum Gasteiger partial charge on any atom is -0.271 e. The Balaban J connectivity index is 2.56. The van der Waals surface area contributed by atoms with E-state index in [1.165, 1.54) is 0 Å². The quantitative estimate of drug-likeness (QED) is 0.638. The van der Waals surface area contributed by atoms with Crippen LogP contribution in [0.1, 0.15) is 22.9 Å². The summed E-state index contributed by atoms with van der Waals surface area (Å²) in [7, 11) is 1.83. The molecule has 0 amide bonds. The first-order valence-corrected chi connectivity index (χ1v) is 6.91. The number of benzene rings is 1. The molecule has 0 saturated carbocycles. The molecule has 0 bridgehead atoms. The fourth-order valence-electron chi connectivity index (χ4n) is 1.85. The Hall–Kier alpha value is -0.760. The van der Waals surface area contributed by atoms with Crippen molar-refractivity contribution in [3.63, 3.8) is 0 Å². The predicted octanol–water partition coefficient (Wildman–Crippen LogP) is 2.20. The first kappa shape index (κ1) is 13.7. The van der Waals surface area contributed by atoms with Gasteiger partial charge in [0.1, 0.15) is 0 Å². The first-order valence-electron chi connectivity index (χ1n) is 5.32. The predicted molar refractivity (Wildman–Crippen MR) is 76.7 cm³/mol. The first-order chi connectivity index (χ1) is 8.56. The number of rotatable bonds is 3. The summed E-state index contributed by atoms with van der Waals surface area (Å²) < 4.78 is 3.41. The van der Waals surface area contributed by atoms with Gasteiger partial charge in [0.2, 0.25) is 0 Å². The Morgan fingerprint density at radius 3 is 2.67 bits per heavy atom. The highest BCUT2D eigenvalue weighted by Gasteiger charge is 2.23. The monoisotopic (exact) mass is 373 g/mol. The van der Waals surface area contributed by atoms with Crippen molar-refractivity contribution in [3.8, 4) is 0 Å². The van der Waals surface area contributed by atoms with Crippen LogP contribution >= 0.6 is 31.9 Å². The molecule has 7 heteroatoms. The van der Waals surface area contributed by atoms with E-state index in [0.29, 0.717) is 4.60 Å². The Labute approximate surface area is 122 Å². The van der Waals surface area contributed by atoms with Gasteiger partial charge in [0.05, 0.1) is 11.7 Å². The largest absolute Gasteiger partial charge is 0.271 e. The van der Waals surface area contributed by atoms with Crippen LogP contribution in [-0.2, 0) is 7.05 Å². The van der Waals surface area contributed by atoms with Gasteiger partial charge in [-0.2, -0.15) is 0 Å². The van der Waals surface area contributed by atoms with Crippen LogP contribution in [0.2, 0.25) is 0 Å². The van der Waals surface area contributed by atoms with Gasteiger partial charge in [-0.15, -0.1) is 5.10 Å². The number of hydrogen-bond acceptors (Lipinski definition) is 4. The third-order valence-electron chi connectivity index (χ3n) is 2.80. The highest BCUT2D eigenvalue weighted by molar-refractivity contribution is 9.10. The Bertz CT molecular complexity index is 547. The van der Waals surface area contributed by atoms with E-state index in [1.807, 2.05) is 32.2 Å². The van der Waals surface area contributed by atoms with Gasteiger partial charge in [0.15, 0.2) is 4.60 Å². The molecule has 1 atom stereocenters. The maximum atomic E-state index is 5.69. The van der Waals surface area contributed by atoms with Crippen LogP contribution in [0.25, 0.3) is 0 Å². The normalized spacial score (nSPS) is 12.7. The van der Waals surface area contributed by atoms with Crippen molar-refractivity contribution in [3.05, 3.63) is 44.1 Å². The number of nitrogens with zero attached hydrogens (tertiary/aromatic N) is 3. The molecule has 18 heavy (non-hydrogen) atoms. The van der Waals surface area contributed by atoms with Crippen LogP contribution in [0.15, 0.2) is 27.3 Å². The van der Waals surface area contributed by atoms with Crippen LogP contribution in [0.5, 0.6) is 0 Å². The number of aryl methyl sites for hydroxylation is 2. The number of hydrazine groups is 1. The van der Waals surface area contributed by atoms with E-state index in [2.05, 4.69) is 47.6 Å². The second kappa shape index (κ2) is 5.48. The molecule has 2 rings (SSSR count). The van der Waals surface area contributed by atoms with Crippen molar-refractivity contribution in [2.45, 2.75) is 13.0 Å². The van der Waals surface area contributed by atoms with E-state index in [1.54, 1.807) is 4.68 Å². The zero-order chi connectivity index (χ0) is 13.3. The van der Waals surface area contributed by atoms with Crippen molar-refractivity contribution >= 4 is 31.9 Å². The van der Waals surface area contributed by atoms with Gasteiger partial charge >= 0.3 is 0 Å². The van der Waals surface area contributed by atoms with Crippen LogP contribution in [0, 0.1) is 6.92 Å². The lowest BCUT2D eigenvalue weighted by Gasteiger charge is -2.19. The van der Waals surface area contributed by atoms with Crippen molar-refractivity contribution in [2.24, 2.45) is 12.9 Å². The number of nitrogens with two attached hydrogens (primary N) is 1. The lowest BCUT2D eigenvalue weighted by molar-refractivity contribution is 0.567. The summed E-state index contributed by atoms with van der Waals surface area (Å²) in [5.74, 6) is 5.69. The van der Waals surface area contributed by atoms with Crippen LogP contribution < -0.4 is 11.3 Å². The summed E-state index contributed by atoms with van der Waals surface area (Å²) in [4.78, 5) is 0. The molecule has 0 spiro atoms. The van der Waals surface area contributed by atoms with Crippen molar-refractivity contribution in [2.75, 3.05) is 0 Å². The van der Waals surface area contributed by atoms with Gasteiger partial charge in [-0.1, -0.05) is 39.3 Å². The van der Waals surface area contributed by atoms with Gasteiger partial charge in [-0.05, 0) is 34.0 Å². The second-order valence-corrected chi connectivity index (χ2v) is 5.51. The van der Waals surface area contributed by atoms with E-state index in [-0.39, 0.29) is 6.04 Å². The molecule has 1 unspecified atom stereocenters. The summed E-state index contributed by atoms with van der Waals surface area (Å²) in [5.41, 5.74) is 5.88. The average Bonchev–Trinajstić information content (AvgIpc) is 2.67. The van der Waals surface area contributed by atoms with Gasteiger partial charge < -0.3 is 0 Å². The number of halogens is 2. The van der Waals surface area contributed by atoms with E-state index in [9.17, 15) is 0 Å². The maximum Gasteiger partial charge on any atom is 0.153 e. The molecule has 1 aromatic heterocycles. The lowest BCUT2D eigenvalue weighted by atomic mass is 10.0.